The second-order valence-electron chi connectivity index (χ2n) is 2.28. The van der Waals surface area contributed by atoms with Gasteiger partial charge in [0.1, 0.15) is 0 Å². The molecule has 1 atom stereocenters. The van der Waals surface area contributed by atoms with E-state index in [1.165, 1.54) is 0 Å². The zero-order chi connectivity index (χ0) is 6.04. The van der Waals surface area contributed by atoms with E-state index in [4.69, 9.17) is 4.74 Å². The molecule has 2 heteroatoms. The molecule has 8 heavy (non-hydrogen) atoms. The van der Waals surface area contributed by atoms with Crippen LogP contribution in [0.15, 0.2) is 12.3 Å². The number of ether oxygens (including phenoxy) is 1. The van der Waals surface area contributed by atoms with Gasteiger partial charge in [0.15, 0.2) is 0 Å². The molecule has 1 heterocycles. The highest BCUT2D eigenvalue weighted by molar-refractivity contribution is 4.97. The van der Waals surface area contributed by atoms with Crippen LogP contribution in [0.5, 0.6) is 0 Å². The van der Waals surface area contributed by atoms with Crippen molar-refractivity contribution >= 4 is 0 Å². The monoisotopic (exact) mass is 114 g/mol. The van der Waals surface area contributed by atoms with E-state index in [0.717, 1.165) is 0 Å². The molecule has 0 saturated carbocycles. The van der Waals surface area contributed by atoms with Gasteiger partial charge in [0, 0.05) is 6.42 Å². The van der Waals surface area contributed by atoms with Crippen LogP contribution in [0.25, 0.3) is 0 Å². The molecule has 1 rings (SSSR count). The van der Waals surface area contributed by atoms with E-state index in [1.807, 2.05) is 0 Å². The van der Waals surface area contributed by atoms with Crippen LogP contribution in [0, 0.1) is 0 Å². The highest BCUT2D eigenvalue weighted by atomic mass is 16.5. The van der Waals surface area contributed by atoms with Crippen molar-refractivity contribution in [3.63, 3.8) is 0 Å². The summed E-state index contributed by atoms with van der Waals surface area (Å²) >= 11 is 0. The first-order chi connectivity index (χ1) is 3.71. The number of hydrogen-bond acceptors (Lipinski definition) is 2. The minimum atomic E-state index is -0.627. The Labute approximate surface area is 48.8 Å². The molecule has 1 aliphatic rings. The van der Waals surface area contributed by atoms with E-state index in [2.05, 4.69) is 0 Å². The Bertz CT molecular complexity index is 105. The predicted molar refractivity (Wildman–Crippen MR) is 30.3 cm³/mol. The van der Waals surface area contributed by atoms with E-state index in [1.54, 1.807) is 19.3 Å². The summed E-state index contributed by atoms with van der Waals surface area (Å²) in [6.07, 6.45) is 3.91. The SMILES string of the molecule is CC1(O)C=COCC1. The van der Waals surface area contributed by atoms with Crippen molar-refractivity contribution in [1.29, 1.82) is 0 Å². The molecule has 0 spiro atoms. The van der Waals surface area contributed by atoms with E-state index in [-0.39, 0.29) is 0 Å². The summed E-state index contributed by atoms with van der Waals surface area (Å²) in [6, 6.07) is 0. The lowest BCUT2D eigenvalue weighted by Gasteiger charge is -2.21. The Morgan fingerprint density at radius 3 is 2.75 bits per heavy atom. The van der Waals surface area contributed by atoms with Crippen LogP contribution >= 0.6 is 0 Å². The number of rotatable bonds is 0. The topological polar surface area (TPSA) is 29.5 Å². The third-order valence-electron chi connectivity index (χ3n) is 1.25. The summed E-state index contributed by atoms with van der Waals surface area (Å²) in [4.78, 5) is 0. The molecule has 0 aromatic rings. The largest absolute Gasteiger partial charge is 0.501 e. The van der Waals surface area contributed by atoms with Gasteiger partial charge in [0.2, 0.25) is 0 Å². The van der Waals surface area contributed by atoms with Crippen LogP contribution in [0.2, 0.25) is 0 Å². The van der Waals surface area contributed by atoms with Gasteiger partial charge in [-0.15, -0.1) is 0 Å². The Morgan fingerprint density at radius 1 is 1.75 bits per heavy atom. The van der Waals surface area contributed by atoms with Crippen LogP contribution in [0.3, 0.4) is 0 Å². The molecule has 1 unspecified atom stereocenters. The molecule has 0 radical (unpaired) electrons. The highest BCUT2D eigenvalue weighted by Gasteiger charge is 2.18. The molecule has 0 saturated heterocycles. The lowest BCUT2D eigenvalue weighted by atomic mass is 10.0. The van der Waals surface area contributed by atoms with E-state index < -0.39 is 5.60 Å². The molecule has 0 aliphatic carbocycles. The Hall–Kier alpha value is -0.500. The Kier molecular flexibility index (Phi) is 1.26. The number of hydrogen-bond donors (Lipinski definition) is 1. The average Bonchev–Trinajstić information content (AvgIpc) is 1.65. The first-order valence-corrected chi connectivity index (χ1v) is 2.72. The second kappa shape index (κ2) is 1.78. The van der Waals surface area contributed by atoms with Gasteiger partial charge < -0.3 is 9.84 Å². The summed E-state index contributed by atoms with van der Waals surface area (Å²) in [5.74, 6) is 0. The van der Waals surface area contributed by atoms with Gasteiger partial charge in [-0.2, -0.15) is 0 Å². The molecular weight excluding hydrogens is 104 g/mol. The van der Waals surface area contributed by atoms with Gasteiger partial charge in [0.25, 0.3) is 0 Å². The van der Waals surface area contributed by atoms with E-state index in [9.17, 15) is 5.11 Å². The zero-order valence-corrected chi connectivity index (χ0v) is 4.92. The molecule has 0 aromatic carbocycles. The molecular formula is C6H10O2. The molecule has 1 aliphatic heterocycles. The van der Waals surface area contributed by atoms with Gasteiger partial charge >= 0.3 is 0 Å². The smallest absolute Gasteiger partial charge is 0.0903 e. The van der Waals surface area contributed by atoms with Gasteiger partial charge in [-0.3, -0.25) is 0 Å². The lowest BCUT2D eigenvalue weighted by molar-refractivity contribution is 0.0531. The maximum absolute atomic E-state index is 9.21. The van der Waals surface area contributed by atoms with Crippen LogP contribution in [0.4, 0.5) is 0 Å². The van der Waals surface area contributed by atoms with Crippen LogP contribution < -0.4 is 0 Å². The van der Waals surface area contributed by atoms with Crippen molar-refractivity contribution in [3.8, 4) is 0 Å². The van der Waals surface area contributed by atoms with Crippen molar-refractivity contribution in [2.24, 2.45) is 0 Å². The lowest BCUT2D eigenvalue weighted by Crippen LogP contribution is -2.25. The first kappa shape index (κ1) is 5.63. The Balaban J connectivity index is 2.56. The van der Waals surface area contributed by atoms with Gasteiger partial charge in [-0.25, -0.2) is 0 Å². The van der Waals surface area contributed by atoms with Gasteiger partial charge in [-0.1, -0.05) is 0 Å². The van der Waals surface area contributed by atoms with Crippen molar-refractivity contribution < 1.29 is 9.84 Å². The predicted octanol–water partition coefficient (Wildman–Crippen LogP) is 0.671. The van der Waals surface area contributed by atoms with Crippen molar-refractivity contribution in [2.45, 2.75) is 18.9 Å². The first-order valence-electron chi connectivity index (χ1n) is 2.72. The van der Waals surface area contributed by atoms with Crippen molar-refractivity contribution in [1.82, 2.24) is 0 Å². The van der Waals surface area contributed by atoms with Crippen LogP contribution in [-0.4, -0.2) is 17.3 Å². The normalized spacial score (nSPS) is 36.8. The van der Waals surface area contributed by atoms with Crippen LogP contribution in [0.1, 0.15) is 13.3 Å². The fourth-order valence-electron chi connectivity index (χ4n) is 0.612. The molecule has 2 nitrogen and oxygen atoms in total. The number of aliphatic hydroxyl groups is 1. The van der Waals surface area contributed by atoms with Crippen LogP contribution in [-0.2, 0) is 4.74 Å². The second-order valence-corrected chi connectivity index (χ2v) is 2.28. The third kappa shape index (κ3) is 1.23. The minimum Gasteiger partial charge on any atom is -0.501 e. The zero-order valence-electron chi connectivity index (χ0n) is 4.92. The minimum absolute atomic E-state index is 0.627. The quantitative estimate of drug-likeness (QED) is 0.501. The standard InChI is InChI=1S/C6H10O2/c1-6(7)2-4-8-5-3-6/h2,4,7H,3,5H2,1H3. The summed E-state index contributed by atoms with van der Waals surface area (Å²) in [6.45, 7) is 2.40. The van der Waals surface area contributed by atoms with Crippen molar-refractivity contribution in [3.05, 3.63) is 12.3 Å². The summed E-state index contributed by atoms with van der Waals surface area (Å²) in [5, 5.41) is 9.21. The van der Waals surface area contributed by atoms with E-state index in [0.29, 0.717) is 13.0 Å². The van der Waals surface area contributed by atoms with Gasteiger partial charge in [0.05, 0.1) is 18.5 Å². The summed E-state index contributed by atoms with van der Waals surface area (Å²) < 4.78 is 4.86. The molecule has 0 bridgehead atoms. The molecule has 0 fully saturated rings. The molecule has 0 amide bonds. The van der Waals surface area contributed by atoms with Gasteiger partial charge in [-0.05, 0) is 13.0 Å². The Morgan fingerprint density at radius 2 is 2.50 bits per heavy atom. The summed E-state index contributed by atoms with van der Waals surface area (Å²) in [7, 11) is 0. The maximum Gasteiger partial charge on any atom is 0.0903 e. The fourth-order valence-corrected chi connectivity index (χ4v) is 0.612. The highest BCUT2D eigenvalue weighted by Crippen LogP contribution is 2.14. The third-order valence-corrected chi connectivity index (χ3v) is 1.25. The fraction of sp³-hybridized carbons (Fsp3) is 0.667. The average molecular weight is 114 g/mol. The van der Waals surface area contributed by atoms with E-state index >= 15 is 0 Å². The van der Waals surface area contributed by atoms with Crippen molar-refractivity contribution in [2.75, 3.05) is 6.61 Å². The molecule has 0 aromatic heterocycles. The summed E-state index contributed by atoms with van der Waals surface area (Å²) in [5.41, 5.74) is -0.627. The molecule has 1 N–H and O–H groups in total. The molecule has 46 valence electrons. The maximum atomic E-state index is 9.21.